The first-order valence-corrected chi connectivity index (χ1v) is 9.11. The molecule has 0 aliphatic rings. The van der Waals surface area contributed by atoms with Gasteiger partial charge in [0.1, 0.15) is 11.2 Å². The van der Waals surface area contributed by atoms with E-state index in [1.807, 2.05) is 0 Å². The summed E-state index contributed by atoms with van der Waals surface area (Å²) in [6.45, 7) is 10.6. The van der Waals surface area contributed by atoms with Gasteiger partial charge in [0.2, 0.25) is 0 Å². The van der Waals surface area contributed by atoms with Crippen LogP contribution in [0.5, 0.6) is 0 Å². The maximum atomic E-state index is 12.5. The zero-order valence-corrected chi connectivity index (χ0v) is 17.7. The van der Waals surface area contributed by atoms with E-state index in [1.54, 1.807) is 59.7 Å². The molecule has 0 radical (unpaired) electrons. The Morgan fingerprint density at radius 2 is 1.54 bits per heavy atom. The Labute approximate surface area is 162 Å². The van der Waals surface area contributed by atoms with Crippen molar-refractivity contribution in [2.24, 2.45) is 0 Å². The number of esters is 1. The predicted molar refractivity (Wildman–Crippen MR) is 103 cm³/mol. The molecule has 1 N–H and O–H groups in total. The number of halogens is 1. The van der Waals surface area contributed by atoms with E-state index in [2.05, 4.69) is 21.2 Å². The number of nitrogens with one attached hydrogen (secondary N) is 1. The van der Waals surface area contributed by atoms with Crippen molar-refractivity contribution in [1.82, 2.24) is 0 Å². The molecular weight excluding hydrogens is 402 g/mol. The molecule has 26 heavy (non-hydrogen) atoms. The molecular formula is C19H26BrNO5. The minimum atomic E-state index is -0.652. The Hall–Kier alpha value is -1.89. The fraction of sp³-hybridized carbons (Fsp3) is 0.526. The fourth-order valence-electron chi connectivity index (χ4n) is 2.01. The number of ether oxygens (including phenoxy) is 2. The molecule has 144 valence electrons. The van der Waals surface area contributed by atoms with Crippen molar-refractivity contribution in [3.8, 4) is 0 Å². The lowest BCUT2D eigenvalue weighted by Gasteiger charge is -2.20. The molecule has 1 amide bonds. The first-order valence-electron chi connectivity index (χ1n) is 8.31. The molecule has 0 atom stereocenters. The van der Waals surface area contributed by atoms with Gasteiger partial charge in [-0.25, -0.2) is 4.79 Å². The Balaban J connectivity index is 2.84. The molecule has 0 aromatic heterocycles. The lowest BCUT2D eigenvalue weighted by Crippen LogP contribution is -2.27. The standard InChI is InChI=1S/C19H26BrNO5/c1-18(2,3)25-16(23)10-9-15(22)13-11-12(20)7-8-14(13)21-17(24)26-19(4,5)6/h7-8,11H,9-10H2,1-6H3,(H,21,24). The SMILES string of the molecule is CC(C)(C)OC(=O)CCC(=O)c1cc(Br)ccc1NC(=O)OC(C)(C)C. The Kier molecular flexibility index (Phi) is 7.38. The van der Waals surface area contributed by atoms with E-state index in [4.69, 9.17) is 9.47 Å². The average Bonchev–Trinajstić information content (AvgIpc) is 2.42. The van der Waals surface area contributed by atoms with E-state index in [0.29, 0.717) is 15.7 Å². The van der Waals surface area contributed by atoms with E-state index in [-0.39, 0.29) is 18.6 Å². The van der Waals surface area contributed by atoms with Crippen molar-refractivity contribution in [2.45, 2.75) is 65.6 Å². The van der Waals surface area contributed by atoms with Gasteiger partial charge in [0.15, 0.2) is 5.78 Å². The van der Waals surface area contributed by atoms with Crippen molar-refractivity contribution >= 4 is 39.5 Å². The summed E-state index contributed by atoms with van der Waals surface area (Å²) >= 11 is 3.31. The Morgan fingerprint density at radius 1 is 0.962 bits per heavy atom. The number of hydrogen-bond donors (Lipinski definition) is 1. The summed E-state index contributed by atoms with van der Waals surface area (Å²) in [6.07, 6.45) is -0.705. The highest BCUT2D eigenvalue weighted by Gasteiger charge is 2.21. The predicted octanol–water partition coefficient (Wildman–Crippen LogP) is 5.10. The summed E-state index contributed by atoms with van der Waals surface area (Å²) in [6, 6.07) is 4.91. The minimum Gasteiger partial charge on any atom is -0.460 e. The number of amides is 1. The number of Topliss-reactive ketones (excluding diaryl/α,β-unsaturated/α-hetero) is 1. The highest BCUT2D eigenvalue weighted by molar-refractivity contribution is 9.10. The molecule has 7 heteroatoms. The zero-order chi connectivity index (χ0) is 20.1. The molecule has 6 nitrogen and oxygen atoms in total. The quantitative estimate of drug-likeness (QED) is 0.521. The van der Waals surface area contributed by atoms with E-state index in [1.165, 1.54) is 0 Å². The first kappa shape index (κ1) is 22.2. The lowest BCUT2D eigenvalue weighted by molar-refractivity contribution is -0.154. The van der Waals surface area contributed by atoms with Crippen molar-refractivity contribution in [3.63, 3.8) is 0 Å². The van der Waals surface area contributed by atoms with Gasteiger partial charge in [-0.1, -0.05) is 15.9 Å². The van der Waals surface area contributed by atoms with Gasteiger partial charge in [-0.2, -0.15) is 0 Å². The Bertz CT molecular complexity index is 686. The normalized spacial score (nSPS) is 11.7. The molecule has 1 aromatic carbocycles. The third-order valence-corrected chi connectivity index (χ3v) is 3.39. The second kappa shape index (κ2) is 8.66. The van der Waals surface area contributed by atoms with Crippen LogP contribution in [-0.2, 0) is 14.3 Å². The summed E-state index contributed by atoms with van der Waals surface area (Å²) < 4.78 is 11.1. The van der Waals surface area contributed by atoms with Crippen LogP contribution in [-0.4, -0.2) is 29.0 Å². The van der Waals surface area contributed by atoms with Crippen LogP contribution in [0.15, 0.2) is 22.7 Å². The third-order valence-electron chi connectivity index (χ3n) is 2.89. The van der Waals surface area contributed by atoms with Crippen LogP contribution < -0.4 is 5.32 Å². The van der Waals surface area contributed by atoms with Crippen molar-refractivity contribution in [1.29, 1.82) is 0 Å². The van der Waals surface area contributed by atoms with Crippen molar-refractivity contribution < 1.29 is 23.9 Å². The van der Waals surface area contributed by atoms with Crippen LogP contribution in [0.25, 0.3) is 0 Å². The maximum absolute atomic E-state index is 12.5. The minimum absolute atomic E-state index is 0.0195. The van der Waals surface area contributed by atoms with E-state index in [0.717, 1.165) is 0 Å². The van der Waals surface area contributed by atoms with Gasteiger partial charge in [-0.3, -0.25) is 14.9 Å². The van der Waals surface area contributed by atoms with E-state index < -0.39 is 23.3 Å². The number of carbonyl (C=O) groups excluding carboxylic acids is 3. The van der Waals surface area contributed by atoms with Gasteiger partial charge >= 0.3 is 12.1 Å². The number of hydrogen-bond acceptors (Lipinski definition) is 5. The van der Waals surface area contributed by atoms with Gasteiger partial charge in [0, 0.05) is 16.5 Å². The summed E-state index contributed by atoms with van der Waals surface area (Å²) in [7, 11) is 0. The topological polar surface area (TPSA) is 81.7 Å². The molecule has 0 spiro atoms. The molecule has 0 unspecified atom stereocenters. The fourth-order valence-corrected chi connectivity index (χ4v) is 2.37. The molecule has 1 aromatic rings. The summed E-state index contributed by atoms with van der Waals surface area (Å²) in [5, 5.41) is 2.58. The van der Waals surface area contributed by atoms with Gasteiger partial charge < -0.3 is 9.47 Å². The average molecular weight is 428 g/mol. The number of ketones is 1. The molecule has 0 heterocycles. The second-order valence-electron chi connectivity index (χ2n) is 7.83. The van der Waals surface area contributed by atoms with Crippen LogP contribution in [0.2, 0.25) is 0 Å². The van der Waals surface area contributed by atoms with Crippen molar-refractivity contribution in [3.05, 3.63) is 28.2 Å². The van der Waals surface area contributed by atoms with E-state index >= 15 is 0 Å². The van der Waals surface area contributed by atoms with Crippen LogP contribution >= 0.6 is 15.9 Å². The second-order valence-corrected chi connectivity index (χ2v) is 8.74. The largest absolute Gasteiger partial charge is 0.460 e. The number of benzene rings is 1. The molecule has 0 saturated heterocycles. The third kappa shape index (κ3) is 8.47. The number of anilines is 1. The molecule has 0 bridgehead atoms. The highest BCUT2D eigenvalue weighted by Crippen LogP contribution is 2.24. The number of rotatable bonds is 5. The number of carbonyl (C=O) groups is 3. The summed E-state index contributed by atoms with van der Waals surface area (Å²) in [4.78, 5) is 36.3. The van der Waals surface area contributed by atoms with E-state index in [9.17, 15) is 14.4 Å². The van der Waals surface area contributed by atoms with Crippen LogP contribution in [0, 0.1) is 0 Å². The summed E-state index contributed by atoms with van der Waals surface area (Å²) in [5.41, 5.74) is -0.620. The lowest BCUT2D eigenvalue weighted by atomic mass is 10.0. The van der Waals surface area contributed by atoms with Gasteiger partial charge in [-0.05, 0) is 59.7 Å². The first-order chi connectivity index (χ1) is 11.8. The zero-order valence-electron chi connectivity index (χ0n) is 16.1. The monoisotopic (exact) mass is 427 g/mol. The van der Waals surface area contributed by atoms with Crippen molar-refractivity contribution in [2.75, 3.05) is 5.32 Å². The van der Waals surface area contributed by atoms with Gasteiger partial charge in [0.25, 0.3) is 0 Å². The van der Waals surface area contributed by atoms with Gasteiger partial charge in [-0.15, -0.1) is 0 Å². The summed E-state index contributed by atoms with van der Waals surface area (Å²) in [5.74, 6) is -0.717. The van der Waals surface area contributed by atoms with Crippen LogP contribution in [0.4, 0.5) is 10.5 Å². The molecule has 0 fully saturated rings. The molecule has 0 aliphatic carbocycles. The van der Waals surface area contributed by atoms with Crippen LogP contribution in [0.3, 0.4) is 0 Å². The van der Waals surface area contributed by atoms with Crippen LogP contribution in [0.1, 0.15) is 64.7 Å². The van der Waals surface area contributed by atoms with Gasteiger partial charge in [0.05, 0.1) is 12.1 Å². The maximum Gasteiger partial charge on any atom is 0.412 e. The highest BCUT2D eigenvalue weighted by atomic mass is 79.9. The smallest absolute Gasteiger partial charge is 0.412 e. The molecule has 1 rings (SSSR count). The molecule has 0 aliphatic heterocycles. The Morgan fingerprint density at radius 3 is 2.08 bits per heavy atom. The molecule has 0 saturated carbocycles.